The van der Waals surface area contributed by atoms with Crippen LogP contribution in [0.1, 0.15) is 221 Å². The maximum absolute atomic E-state index is 13.5. The number of aryl methyl sites for hydroxylation is 12. The predicted molar refractivity (Wildman–Crippen MR) is 521 cm³/mol. The summed E-state index contributed by atoms with van der Waals surface area (Å²) in [5, 5.41) is 60.6. The number of carbonyl (C=O) groups is 8. The predicted octanol–water partition coefficient (Wildman–Crippen LogP) is 15.1. The molecular weight excluding hydrogens is 1820 g/mol. The molecule has 0 spiro atoms. The Hall–Kier alpha value is -11.2. The SMILES string of the molecule is Cc1nc([C@H](C(=O)N2C[C@H](O)C[C@H]2C(=O)CCc2ccc(-c3scnc3C)cc2)C(C)C)n[nH]1.Cc1nnc([C@H](C(=O)N2C[C@H](O)C[C@H]2C(=O)CCc2ccc(-c3scnc3C)cc2)C(C)C)o1.Cc1noc([C@H](C(=O)N2C[C@H](O)C[C@H]2C(=O)CCc2ccc(-c3scnc3C)cc2)C(C)C)n1.Cc1nsc([C@H](C(=O)N2C[C@H](O)C[C@H]2C(=O)CCc2ccc(-c3scnc3C)cc2)C(C)C)n1. The van der Waals surface area contributed by atoms with Crippen LogP contribution in [0.3, 0.4) is 0 Å². The highest BCUT2D eigenvalue weighted by molar-refractivity contribution is 7.14. The van der Waals surface area contributed by atoms with Gasteiger partial charge in [-0.05, 0) is 154 Å². The van der Waals surface area contributed by atoms with Crippen LogP contribution in [0.25, 0.3) is 41.8 Å². The normalized spacial score (nSPS) is 19.1. The lowest BCUT2D eigenvalue weighted by molar-refractivity contribution is -0.140. The average molecular weight is 1950 g/mol. The number of ketones is 4. The lowest BCUT2D eigenvalue weighted by Gasteiger charge is -2.28. The number of hydrogen-bond donors (Lipinski definition) is 5. The standard InChI is InChI=1S/C25H31N5O3S.2C25H30N4O4S.C25H30N4O3S2/c1-14(2)22(24-27-16(4)28-29-24)25(33)30-12-19(31)11-20(30)21(32)10-7-17-5-8-18(9-6-17)23-15(3)26-13-34-23;1-14(2)22(24-28-27-16(4)33-24)25(32)29-12-19(30)11-20(29)21(31)10-7-17-5-8-18(9-6-17)23-15(3)26-13-34-23;1-14(2)22(24-27-16(4)28-33-24)25(32)29-12-19(30)11-20(29)21(31)10-7-17-5-8-18(9-6-17)23-15(3)26-13-34-23;1-14(2)22(24-27-16(4)28-34-24)25(32)29-12-19(30)11-20(29)21(31)10-7-17-5-8-18(9-6-17)23-15(3)26-13-33-23/h5-6,8-9,13-14,19-20,22,31H,7,10-12H2,1-4H3,(H,27,28,29);3*5-6,8-9,13-14,19-20,22,30H,7,10-12H2,1-4H3/t4*19-,20+,22-/m1111/s1. The van der Waals surface area contributed by atoms with Gasteiger partial charge in [0.05, 0.1) is 119 Å². The summed E-state index contributed by atoms with van der Waals surface area (Å²) in [4.78, 5) is 147. The fourth-order valence-corrected chi connectivity index (χ4v) is 22.2. The first-order chi connectivity index (χ1) is 65.0. The summed E-state index contributed by atoms with van der Waals surface area (Å²) in [6.07, 6.45) is 1.78. The van der Waals surface area contributed by atoms with E-state index in [4.69, 9.17) is 8.94 Å². The highest BCUT2D eigenvalue weighted by Gasteiger charge is 2.48. The molecule has 4 aliphatic heterocycles. The molecule has 36 heteroatoms. The highest BCUT2D eigenvalue weighted by atomic mass is 32.1. The summed E-state index contributed by atoms with van der Waals surface area (Å²) in [7, 11) is 0. The van der Waals surface area contributed by atoms with E-state index in [-0.39, 0.29) is 134 Å². The molecule has 31 nitrogen and oxygen atoms in total. The molecule has 16 rings (SSSR count). The third-order valence-corrected chi connectivity index (χ3v) is 30.1. The van der Waals surface area contributed by atoms with Crippen LogP contribution < -0.4 is 0 Å². The summed E-state index contributed by atoms with van der Waals surface area (Å²) in [5.41, 5.74) is 20.1. The number of β-amino-alcohol motifs (C(OH)–C–C–N with tert-alkyl or cyclic N) is 4. The van der Waals surface area contributed by atoms with E-state index in [0.29, 0.717) is 85.6 Å². The second-order valence-electron chi connectivity index (χ2n) is 37.0. The number of amides is 4. The quantitative estimate of drug-likeness (QED) is 0.0261. The molecule has 0 aliphatic carbocycles. The highest BCUT2D eigenvalue weighted by Crippen LogP contribution is 2.39. The Labute approximate surface area is 812 Å². The number of benzene rings is 4. The minimum Gasteiger partial charge on any atom is -0.425 e. The molecule has 12 heterocycles. The van der Waals surface area contributed by atoms with Crippen LogP contribution >= 0.6 is 56.9 Å². The van der Waals surface area contributed by atoms with Crippen molar-refractivity contribution in [1.82, 2.24) is 84.4 Å². The van der Waals surface area contributed by atoms with Crippen molar-refractivity contribution in [2.75, 3.05) is 26.2 Å². The number of aromatic amines is 1. The van der Waals surface area contributed by atoms with Crippen molar-refractivity contribution >= 4 is 104 Å². The lowest BCUT2D eigenvalue weighted by atomic mass is 9.92. The van der Waals surface area contributed by atoms with Gasteiger partial charge in [0, 0.05) is 84.5 Å². The molecule has 4 fully saturated rings. The van der Waals surface area contributed by atoms with E-state index < -0.39 is 72.3 Å². The van der Waals surface area contributed by atoms with Crippen LogP contribution in [0, 0.1) is 79.1 Å². The zero-order chi connectivity index (χ0) is 97.6. The van der Waals surface area contributed by atoms with Crippen molar-refractivity contribution in [3.8, 4) is 41.8 Å². The Morgan fingerprint density at radius 3 is 0.949 bits per heavy atom. The van der Waals surface area contributed by atoms with Crippen molar-refractivity contribution in [2.45, 2.75) is 260 Å². The second kappa shape index (κ2) is 46.3. The van der Waals surface area contributed by atoms with Crippen LogP contribution in [0.15, 0.2) is 128 Å². The van der Waals surface area contributed by atoms with Crippen molar-refractivity contribution < 1.29 is 67.7 Å². The fraction of sp³-hybridized carbons (Fsp3) is 0.480. The van der Waals surface area contributed by atoms with Gasteiger partial charge in [-0.1, -0.05) is 158 Å². The Morgan fingerprint density at radius 2 is 0.699 bits per heavy atom. The monoisotopic (exact) mass is 1940 g/mol. The maximum Gasteiger partial charge on any atom is 0.239 e. The Kier molecular flexibility index (Phi) is 34.8. The Balaban J connectivity index is 0.000000153. The smallest absolute Gasteiger partial charge is 0.239 e. The number of aliphatic hydroxyl groups excluding tert-OH is 4. The number of nitrogens with zero attached hydrogens (tertiary/aromatic N) is 16. The number of nitrogens with one attached hydrogen (secondary N) is 1. The molecule has 0 bridgehead atoms. The lowest BCUT2D eigenvalue weighted by Crippen LogP contribution is -2.44. The minimum atomic E-state index is -0.725. The van der Waals surface area contributed by atoms with Gasteiger partial charge in [0.25, 0.3) is 0 Å². The largest absolute Gasteiger partial charge is 0.425 e. The number of thiazole rings is 4. The van der Waals surface area contributed by atoms with Gasteiger partial charge in [-0.2, -0.15) is 14.5 Å². The summed E-state index contributed by atoms with van der Waals surface area (Å²) >= 11 is 7.68. The zero-order valence-electron chi connectivity index (χ0n) is 79.7. The first kappa shape index (κ1) is 102. The number of carbonyl (C=O) groups excluding carboxylic acids is 8. The van der Waals surface area contributed by atoms with E-state index in [1.54, 1.807) is 82.8 Å². The molecule has 4 amide bonds. The van der Waals surface area contributed by atoms with Gasteiger partial charge in [-0.3, -0.25) is 43.5 Å². The van der Waals surface area contributed by atoms with E-state index in [9.17, 15) is 58.8 Å². The fourth-order valence-electron chi connectivity index (χ4n) is 18.0. The number of aromatic nitrogens is 13. The maximum atomic E-state index is 13.5. The summed E-state index contributed by atoms with van der Waals surface area (Å²) < 4.78 is 15.0. The molecule has 12 atom stereocenters. The van der Waals surface area contributed by atoms with E-state index in [1.807, 2.05) is 154 Å². The van der Waals surface area contributed by atoms with Crippen LogP contribution in [0.4, 0.5) is 0 Å². The van der Waals surface area contributed by atoms with E-state index in [0.717, 1.165) is 86.8 Å². The van der Waals surface area contributed by atoms with E-state index in [1.165, 1.54) is 21.3 Å². The molecule has 4 aliphatic rings. The number of H-pyrrole nitrogens is 1. The van der Waals surface area contributed by atoms with Gasteiger partial charge in [-0.25, -0.2) is 29.9 Å². The van der Waals surface area contributed by atoms with Gasteiger partial charge in [0.15, 0.2) is 34.8 Å². The van der Waals surface area contributed by atoms with E-state index >= 15 is 0 Å². The summed E-state index contributed by atoms with van der Waals surface area (Å²) in [5.74, 6) is -0.470. The molecule has 136 heavy (non-hydrogen) atoms. The Bertz CT molecular complexity index is 5350. The van der Waals surface area contributed by atoms with Crippen molar-refractivity contribution in [2.24, 2.45) is 23.7 Å². The van der Waals surface area contributed by atoms with Gasteiger partial charge in [0.2, 0.25) is 41.3 Å². The van der Waals surface area contributed by atoms with Crippen LogP contribution in [0.5, 0.6) is 0 Å². The van der Waals surface area contributed by atoms with Crippen molar-refractivity contribution in [1.29, 1.82) is 0 Å². The number of hydrogen-bond acceptors (Lipinski definition) is 31. The third kappa shape index (κ3) is 25.2. The second-order valence-corrected chi connectivity index (χ2v) is 41.2. The molecule has 0 saturated carbocycles. The zero-order valence-corrected chi connectivity index (χ0v) is 83.7. The van der Waals surface area contributed by atoms with E-state index in [2.05, 4.69) is 113 Å². The topological polar surface area (TPSA) is 427 Å². The molecule has 0 radical (unpaired) electrons. The molecule has 720 valence electrons. The summed E-state index contributed by atoms with van der Waals surface area (Å²) in [6, 6.07) is 30.2. The number of rotatable bonds is 32. The first-order valence-electron chi connectivity index (χ1n) is 46.3. The van der Waals surface area contributed by atoms with Crippen LogP contribution in [-0.2, 0) is 64.0 Å². The minimum absolute atomic E-state index is 0.00837. The van der Waals surface area contributed by atoms with Crippen molar-refractivity contribution in [3.05, 3.63) is 210 Å². The summed E-state index contributed by atoms with van der Waals surface area (Å²) in [6.45, 7) is 31.0. The van der Waals surface area contributed by atoms with Gasteiger partial charge >= 0.3 is 0 Å². The molecule has 4 saturated heterocycles. The molecule has 5 N–H and O–H groups in total. The molecule has 0 unspecified atom stereocenters. The average Bonchev–Trinajstić information content (AvgIpc) is 1.64. The molecule has 12 aromatic rings. The van der Waals surface area contributed by atoms with Gasteiger partial charge in [-0.15, -0.1) is 55.5 Å². The third-order valence-electron chi connectivity index (χ3n) is 25.3. The Morgan fingerprint density at radius 1 is 0.390 bits per heavy atom. The molecule has 8 aromatic heterocycles. The van der Waals surface area contributed by atoms with Crippen LogP contribution in [0.2, 0.25) is 0 Å². The number of Topliss-reactive ketones (excluding diaryl/α,β-unsaturated/α-hetero) is 4. The van der Waals surface area contributed by atoms with Gasteiger partial charge < -0.3 is 49.0 Å². The molecule has 4 aromatic carbocycles. The van der Waals surface area contributed by atoms with Crippen LogP contribution in [-0.4, -0.2) is 226 Å². The first-order valence-corrected chi connectivity index (χ1v) is 50.6. The number of aliphatic hydroxyl groups is 4. The van der Waals surface area contributed by atoms with Gasteiger partial charge in [0.1, 0.15) is 34.4 Å². The van der Waals surface area contributed by atoms with Crippen molar-refractivity contribution in [3.63, 3.8) is 0 Å². The molecular formula is C100H121N17O14S5. The number of likely N-dealkylation sites (tertiary alicyclic amines) is 4.